The van der Waals surface area contributed by atoms with Crippen molar-refractivity contribution in [3.05, 3.63) is 100 Å². The molecule has 31 heavy (non-hydrogen) atoms. The minimum Gasteiger partial charge on any atom is -0.484 e. The van der Waals surface area contributed by atoms with Crippen molar-refractivity contribution in [2.45, 2.75) is 0 Å². The van der Waals surface area contributed by atoms with Gasteiger partial charge in [0, 0.05) is 30.3 Å². The van der Waals surface area contributed by atoms with Crippen LogP contribution in [-0.2, 0) is 4.79 Å². The summed E-state index contributed by atoms with van der Waals surface area (Å²) >= 11 is 0. The number of para-hydroxylation sites is 2. The van der Waals surface area contributed by atoms with E-state index < -0.39 is 4.92 Å². The van der Waals surface area contributed by atoms with Crippen molar-refractivity contribution in [1.29, 1.82) is 0 Å². The number of hydrogen-bond acceptors (Lipinski definition) is 6. The fourth-order valence-electron chi connectivity index (χ4n) is 2.84. The van der Waals surface area contributed by atoms with Gasteiger partial charge in [0.05, 0.1) is 4.92 Å². The quantitative estimate of drug-likeness (QED) is 0.225. The number of benzene rings is 3. The maximum atomic E-state index is 12.4. The van der Waals surface area contributed by atoms with Gasteiger partial charge in [-0.1, -0.05) is 42.5 Å². The molecule has 8 nitrogen and oxygen atoms in total. The summed E-state index contributed by atoms with van der Waals surface area (Å²) in [5.74, 6) is 0.0580. The first-order chi connectivity index (χ1) is 15.0. The number of nitrogens with one attached hydrogen (secondary N) is 2. The average Bonchev–Trinajstić information content (AvgIpc) is 2.81. The summed E-state index contributed by atoms with van der Waals surface area (Å²) in [5, 5.41) is 16.6. The van der Waals surface area contributed by atoms with Crippen LogP contribution in [0.25, 0.3) is 0 Å². The molecule has 158 valence electrons. The third-order valence-corrected chi connectivity index (χ3v) is 4.39. The van der Waals surface area contributed by atoms with Crippen molar-refractivity contribution in [3.8, 4) is 5.75 Å². The molecule has 0 bridgehead atoms. The largest absolute Gasteiger partial charge is 0.484 e. The van der Waals surface area contributed by atoms with E-state index in [-0.39, 0.29) is 30.5 Å². The molecule has 3 rings (SSSR count). The molecule has 3 aromatic rings. The Morgan fingerprint density at radius 2 is 1.48 bits per heavy atom. The van der Waals surface area contributed by atoms with Crippen LogP contribution in [0, 0.1) is 10.1 Å². The van der Waals surface area contributed by atoms with Crippen LogP contribution in [0.3, 0.4) is 0 Å². The molecule has 0 saturated heterocycles. The number of carbonyl (C=O) groups excluding carboxylic acids is 2. The first-order valence-corrected chi connectivity index (χ1v) is 9.61. The van der Waals surface area contributed by atoms with E-state index in [2.05, 4.69) is 10.6 Å². The highest BCUT2D eigenvalue weighted by atomic mass is 16.6. The Balaban J connectivity index is 1.41. The third-order valence-electron chi connectivity index (χ3n) is 4.39. The van der Waals surface area contributed by atoms with Gasteiger partial charge in [0.15, 0.2) is 12.4 Å². The second-order valence-electron chi connectivity index (χ2n) is 6.56. The Hall–Kier alpha value is -4.20. The zero-order valence-corrected chi connectivity index (χ0v) is 16.6. The second kappa shape index (κ2) is 10.5. The molecule has 0 atom stereocenters. The highest BCUT2D eigenvalue weighted by molar-refractivity contribution is 6.08. The molecule has 0 spiro atoms. The Labute approximate surface area is 179 Å². The average molecular weight is 419 g/mol. The number of ketones is 1. The van der Waals surface area contributed by atoms with E-state index in [1.807, 2.05) is 6.07 Å². The molecule has 0 fully saturated rings. The van der Waals surface area contributed by atoms with E-state index in [1.165, 1.54) is 6.07 Å². The molecule has 0 aliphatic carbocycles. The first-order valence-electron chi connectivity index (χ1n) is 9.61. The van der Waals surface area contributed by atoms with Crippen molar-refractivity contribution in [2.24, 2.45) is 0 Å². The molecular formula is C23H21N3O5. The fraction of sp³-hybridized carbons (Fsp3) is 0.130. The summed E-state index contributed by atoms with van der Waals surface area (Å²) in [6, 6.07) is 21.8. The lowest BCUT2D eigenvalue weighted by Gasteiger charge is -2.10. The molecule has 0 aromatic heterocycles. The van der Waals surface area contributed by atoms with Crippen LogP contribution in [-0.4, -0.2) is 36.3 Å². The maximum absolute atomic E-state index is 12.4. The number of nitro benzene ring substituents is 1. The highest BCUT2D eigenvalue weighted by Gasteiger charge is 2.12. The van der Waals surface area contributed by atoms with Crippen LogP contribution < -0.4 is 15.4 Å². The van der Waals surface area contributed by atoms with E-state index in [4.69, 9.17) is 4.74 Å². The lowest BCUT2D eigenvalue weighted by Crippen LogP contribution is -2.32. The number of nitro groups is 1. The molecule has 8 heteroatoms. The highest BCUT2D eigenvalue weighted by Crippen LogP contribution is 2.22. The zero-order chi connectivity index (χ0) is 22.1. The minimum atomic E-state index is -0.465. The van der Waals surface area contributed by atoms with Gasteiger partial charge in [-0.25, -0.2) is 0 Å². The Morgan fingerprint density at radius 3 is 2.19 bits per heavy atom. The standard InChI is InChI=1S/C23H21N3O5/c27-22(25-15-14-24-20-8-4-5-9-21(20)26(29)30)16-31-19-12-10-18(11-13-19)23(28)17-6-2-1-3-7-17/h1-13,24H,14-16H2,(H,25,27). The molecule has 0 saturated carbocycles. The smallest absolute Gasteiger partial charge is 0.292 e. The molecule has 0 heterocycles. The third kappa shape index (κ3) is 6.14. The van der Waals surface area contributed by atoms with Gasteiger partial charge >= 0.3 is 0 Å². The molecule has 0 aliphatic rings. The van der Waals surface area contributed by atoms with Crippen LogP contribution in [0.2, 0.25) is 0 Å². The van der Waals surface area contributed by atoms with Crippen LogP contribution in [0.1, 0.15) is 15.9 Å². The molecular weight excluding hydrogens is 398 g/mol. The summed E-state index contributed by atoms with van der Waals surface area (Å²) in [6.45, 7) is 0.420. The number of hydrogen-bond donors (Lipinski definition) is 2. The van der Waals surface area contributed by atoms with Crippen molar-refractivity contribution in [3.63, 3.8) is 0 Å². The van der Waals surface area contributed by atoms with E-state index in [0.29, 0.717) is 29.1 Å². The molecule has 0 radical (unpaired) electrons. The molecule has 3 aromatic carbocycles. The minimum absolute atomic E-state index is 0.0219. The van der Waals surface area contributed by atoms with E-state index in [1.54, 1.807) is 66.7 Å². The second-order valence-corrected chi connectivity index (χ2v) is 6.56. The summed E-state index contributed by atoms with van der Waals surface area (Å²) in [4.78, 5) is 34.8. The lowest BCUT2D eigenvalue weighted by molar-refractivity contribution is -0.384. The topological polar surface area (TPSA) is 111 Å². The van der Waals surface area contributed by atoms with E-state index in [9.17, 15) is 19.7 Å². The summed E-state index contributed by atoms with van der Waals surface area (Å²) in [6.07, 6.45) is 0. The van der Waals surface area contributed by atoms with Gasteiger partial charge in [0.1, 0.15) is 11.4 Å². The van der Waals surface area contributed by atoms with Gasteiger partial charge in [-0.2, -0.15) is 0 Å². The fourth-order valence-corrected chi connectivity index (χ4v) is 2.84. The van der Waals surface area contributed by atoms with Gasteiger partial charge in [0.25, 0.3) is 11.6 Å². The predicted octanol–water partition coefficient (Wildman–Crippen LogP) is 3.43. The maximum Gasteiger partial charge on any atom is 0.292 e. The van der Waals surface area contributed by atoms with Crippen LogP contribution in [0.4, 0.5) is 11.4 Å². The molecule has 0 unspecified atom stereocenters. The first kappa shape index (κ1) is 21.5. The Bertz CT molecular complexity index is 1050. The van der Waals surface area contributed by atoms with Gasteiger partial charge < -0.3 is 15.4 Å². The number of ether oxygens (including phenoxy) is 1. The molecule has 0 aliphatic heterocycles. The van der Waals surface area contributed by atoms with Crippen molar-refractivity contribution >= 4 is 23.1 Å². The SMILES string of the molecule is O=C(COc1ccc(C(=O)c2ccccc2)cc1)NCCNc1ccccc1[N+](=O)[O-]. The predicted molar refractivity (Wildman–Crippen MR) is 116 cm³/mol. The van der Waals surface area contributed by atoms with Crippen LogP contribution in [0.5, 0.6) is 5.75 Å². The van der Waals surface area contributed by atoms with Crippen molar-refractivity contribution < 1.29 is 19.2 Å². The summed E-state index contributed by atoms with van der Waals surface area (Å²) < 4.78 is 5.44. The van der Waals surface area contributed by atoms with Crippen LogP contribution >= 0.6 is 0 Å². The lowest BCUT2D eigenvalue weighted by atomic mass is 10.0. The molecule has 1 amide bonds. The number of nitrogens with zero attached hydrogens (tertiary/aromatic N) is 1. The Kier molecular flexibility index (Phi) is 7.31. The van der Waals surface area contributed by atoms with Crippen molar-refractivity contribution in [2.75, 3.05) is 25.0 Å². The van der Waals surface area contributed by atoms with E-state index >= 15 is 0 Å². The van der Waals surface area contributed by atoms with Gasteiger partial charge in [-0.3, -0.25) is 19.7 Å². The van der Waals surface area contributed by atoms with E-state index in [0.717, 1.165) is 0 Å². The number of anilines is 1. The van der Waals surface area contributed by atoms with Crippen molar-refractivity contribution in [1.82, 2.24) is 5.32 Å². The summed E-state index contributed by atoms with van der Waals surface area (Å²) in [5.41, 5.74) is 1.50. The number of amides is 1. The summed E-state index contributed by atoms with van der Waals surface area (Å²) in [7, 11) is 0. The van der Waals surface area contributed by atoms with Gasteiger partial charge in [-0.05, 0) is 30.3 Å². The number of rotatable bonds is 10. The van der Waals surface area contributed by atoms with Gasteiger partial charge in [-0.15, -0.1) is 0 Å². The zero-order valence-electron chi connectivity index (χ0n) is 16.6. The normalized spacial score (nSPS) is 10.2. The number of carbonyl (C=O) groups is 2. The Morgan fingerprint density at radius 1 is 0.839 bits per heavy atom. The monoisotopic (exact) mass is 419 g/mol. The van der Waals surface area contributed by atoms with Crippen LogP contribution in [0.15, 0.2) is 78.9 Å². The van der Waals surface area contributed by atoms with Gasteiger partial charge in [0.2, 0.25) is 0 Å². The molecule has 2 N–H and O–H groups in total.